The van der Waals surface area contributed by atoms with Gasteiger partial charge in [0.25, 0.3) is 0 Å². The maximum atomic E-state index is 6.28. The standard InChI is InChI=1S/C13H16BrN5O4/c1-20-3-13-4-22-7(8(13)21-2)11(23-13)19-10-6(18-12(19)14)9(15)16-5-17-10/h5,7-8,11H,3-4H2,1-2H3,(H2,15,16,17)/t7-,8?,11+,13-/m0/s1. The van der Waals surface area contributed by atoms with Crippen molar-refractivity contribution in [1.29, 1.82) is 0 Å². The molecule has 2 aromatic heterocycles. The maximum absolute atomic E-state index is 6.28. The lowest BCUT2D eigenvalue weighted by molar-refractivity contribution is -0.190. The van der Waals surface area contributed by atoms with Crippen molar-refractivity contribution in [1.82, 2.24) is 19.5 Å². The molecule has 2 N–H and O–H groups in total. The highest BCUT2D eigenvalue weighted by atomic mass is 79.9. The van der Waals surface area contributed by atoms with Crippen molar-refractivity contribution in [3.63, 3.8) is 0 Å². The zero-order valence-corrected chi connectivity index (χ0v) is 14.2. The molecule has 0 spiro atoms. The van der Waals surface area contributed by atoms with Gasteiger partial charge in [0.15, 0.2) is 27.9 Å². The van der Waals surface area contributed by atoms with E-state index in [0.29, 0.717) is 34.9 Å². The van der Waals surface area contributed by atoms with Crippen molar-refractivity contribution < 1.29 is 18.9 Å². The van der Waals surface area contributed by atoms with E-state index in [-0.39, 0.29) is 12.2 Å². The first kappa shape index (κ1) is 15.2. The zero-order chi connectivity index (χ0) is 16.2. The smallest absolute Gasteiger partial charge is 0.181 e. The normalized spacial score (nSPS) is 32.9. The van der Waals surface area contributed by atoms with Gasteiger partial charge in [0.1, 0.15) is 24.1 Å². The summed E-state index contributed by atoms with van der Waals surface area (Å²) in [6, 6.07) is 0. The highest BCUT2D eigenvalue weighted by molar-refractivity contribution is 9.10. The summed E-state index contributed by atoms with van der Waals surface area (Å²) in [5.74, 6) is 0.313. The van der Waals surface area contributed by atoms with Gasteiger partial charge in [0.05, 0.1) is 13.2 Å². The second kappa shape index (κ2) is 5.35. The first-order valence-corrected chi connectivity index (χ1v) is 7.85. The molecular weight excluding hydrogens is 370 g/mol. The van der Waals surface area contributed by atoms with Gasteiger partial charge < -0.3 is 24.7 Å². The average molecular weight is 386 g/mol. The van der Waals surface area contributed by atoms with Crippen LogP contribution in [0.4, 0.5) is 5.82 Å². The summed E-state index contributed by atoms with van der Waals surface area (Å²) in [6.07, 6.45) is 0.420. The molecule has 0 amide bonds. The van der Waals surface area contributed by atoms with E-state index < -0.39 is 11.8 Å². The molecule has 2 fully saturated rings. The number of nitrogens with zero attached hydrogens (tertiary/aromatic N) is 4. The molecule has 124 valence electrons. The highest BCUT2D eigenvalue weighted by Gasteiger charge is 2.63. The molecule has 4 heterocycles. The third-order valence-corrected chi connectivity index (χ3v) is 4.89. The van der Waals surface area contributed by atoms with Crippen LogP contribution in [0.2, 0.25) is 0 Å². The molecule has 0 saturated carbocycles. The fourth-order valence-electron chi connectivity index (χ4n) is 3.42. The first-order chi connectivity index (χ1) is 11.1. The fourth-order valence-corrected chi connectivity index (χ4v) is 3.97. The van der Waals surface area contributed by atoms with Gasteiger partial charge in [-0.1, -0.05) is 0 Å². The van der Waals surface area contributed by atoms with E-state index in [0.717, 1.165) is 0 Å². The topological polar surface area (TPSA) is 107 Å². The van der Waals surface area contributed by atoms with Crippen molar-refractivity contribution >= 4 is 32.9 Å². The minimum absolute atomic E-state index is 0.240. The predicted molar refractivity (Wildman–Crippen MR) is 82.7 cm³/mol. The zero-order valence-electron chi connectivity index (χ0n) is 12.6. The number of imidazole rings is 1. The summed E-state index contributed by atoms with van der Waals surface area (Å²) < 4.78 is 25.5. The number of fused-ring (bicyclic) bond motifs is 3. The molecule has 2 aromatic rings. The number of rotatable bonds is 4. The van der Waals surface area contributed by atoms with Gasteiger partial charge in [-0.3, -0.25) is 4.57 Å². The van der Waals surface area contributed by atoms with Crippen LogP contribution in [0.5, 0.6) is 0 Å². The van der Waals surface area contributed by atoms with Crippen LogP contribution in [-0.2, 0) is 18.9 Å². The third-order valence-electron chi connectivity index (χ3n) is 4.33. The number of nitrogens with two attached hydrogens (primary N) is 1. The van der Waals surface area contributed by atoms with Crippen LogP contribution in [0.15, 0.2) is 11.1 Å². The highest BCUT2D eigenvalue weighted by Crippen LogP contribution is 2.48. The maximum Gasteiger partial charge on any atom is 0.181 e. The van der Waals surface area contributed by atoms with E-state index in [1.807, 2.05) is 0 Å². The number of aromatic nitrogens is 4. The van der Waals surface area contributed by atoms with Crippen LogP contribution in [-0.4, -0.2) is 64.8 Å². The molecule has 2 saturated heterocycles. The predicted octanol–water partition coefficient (Wildman–Crippen LogP) is 0.499. The molecule has 4 rings (SSSR count). The number of hydrogen-bond acceptors (Lipinski definition) is 8. The van der Waals surface area contributed by atoms with Crippen LogP contribution >= 0.6 is 15.9 Å². The Morgan fingerprint density at radius 2 is 2.30 bits per heavy atom. The van der Waals surface area contributed by atoms with Gasteiger partial charge in [-0.2, -0.15) is 0 Å². The molecule has 0 radical (unpaired) electrons. The Kier molecular flexibility index (Phi) is 3.54. The van der Waals surface area contributed by atoms with E-state index in [4.69, 9.17) is 24.7 Å². The number of anilines is 1. The molecule has 10 heteroatoms. The van der Waals surface area contributed by atoms with Gasteiger partial charge in [-0.25, -0.2) is 15.0 Å². The van der Waals surface area contributed by atoms with E-state index in [1.165, 1.54) is 6.33 Å². The molecular formula is C13H16BrN5O4. The Labute approximate surface area is 140 Å². The van der Waals surface area contributed by atoms with E-state index >= 15 is 0 Å². The molecule has 4 atom stereocenters. The number of hydrogen-bond donors (Lipinski definition) is 1. The van der Waals surface area contributed by atoms with Crippen molar-refractivity contribution in [2.24, 2.45) is 0 Å². The van der Waals surface area contributed by atoms with Crippen molar-refractivity contribution in [2.75, 3.05) is 33.2 Å². The summed E-state index contributed by atoms with van der Waals surface area (Å²) in [4.78, 5) is 12.6. The van der Waals surface area contributed by atoms with Crippen LogP contribution in [0.25, 0.3) is 11.2 Å². The lowest BCUT2D eigenvalue weighted by Gasteiger charge is -2.31. The van der Waals surface area contributed by atoms with Gasteiger partial charge >= 0.3 is 0 Å². The SMILES string of the molecule is COC[C@]12CO[C@@H](C1OC)[C@H](n1c(Br)nc3c(N)ncnc31)O2. The molecule has 2 aliphatic heterocycles. The van der Waals surface area contributed by atoms with Gasteiger partial charge in [-0.15, -0.1) is 0 Å². The average Bonchev–Trinajstić information content (AvgIpc) is 3.14. The molecule has 2 bridgehead atoms. The number of halogens is 1. The van der Waals surface area contributed by atoms with Crippen LogP contribution in [0.1, 0.15) is 6.23 Å². The summed E-state index contributed by atoms with van der Waals surface area (Å²) in [7, 11) is 3.27. The van der Waals surface area contributed by atoms with E-state index in [2.05, 4.69) is 30.9 Å². The number of nitrogen functional groups attached to an aromatic ring is 1. The Morgan fingerprint density at radius 3 is 3.04 bits per heavy atom. The lowest BCUT2D eigenvalue weighted by Crippen LogP contribution is -2.45. The molecule has 0 aliphatic carbocycles. The Morgan fingerprint density at radius 1 is 1.48 bits per heavy atom. The monoisotopic (exact) mass is 385 g/mol. The summed E-state index contributed by atoms with van der Waals surface area (Å²) in [6.45, 7) is 0.793. The van der Waals surface area contributed by atoms with E-state index in [1.54, 1.807) is 18.8 Å². The number of methoxy groups -OCH3 is 2. The van der Waals surface area contributed by atoms with Crippen molar-refractivity contribution in [2.45, 2.75) is 24.0 Å². The summed E-state index contributed by atoms with van der Waals surface area (Å²) >= 11 is 3.44. The fraction of sp³-hybridized carbons (Fsp3) is 0.615. The second-order valence-electron chi connectivity index (χ2n) is 5.62. The minimum Gasteiger partial charge on any atom is -0.382 e. The van der Waals surface area contributed by atoms with E-state index in [9.17, 15) is 0 Å². The van der Waals surface area contributed by atoms with Crippen LogP contribution < -0.4 is 5.73 Å². The van der Waals surface area contributed by atoms with Gasteiger partial charge in [0.2, 0.25) is 0 Å². The van der Waals surface area contributed by atoms with Crippen LogP contribution in [0.3, 0.4) is 0 Å². The lowest BCUT2D eigenvalue weighted by atomic mass is 10.0. The molecule has 23 heavy (non-hydrogen) atoms. The van der Waals surface area contributed by atoms with Crippen molar-refractivity contribution in [3.05, 3.63) is 11.1 Å². The first-order valence-electron chi connectivity index (χ1n) is 7.06. The number of ether oxygens (including phenoxy) is 4. The molecule has 0 aromatic carbocycles. The van der Waals surface area contributed by atoms with Crippen molar-refractivity contribution in [3.8, 4) is 0 Å². The third kappa shape index (κ3) is 2.02. The van der Waals surface area contributed by atoms with Gasteiger partial charge in [-0.05, 0) is 15.9 Å². The van der Waals surface area contributed by atoms with Crippen LogP contribution in [0, 0.1) is 0 Å². The molecule has 9 nitrogen and oxygen atoms in total. The van der Waals surface area contributed by atoms with Gasteiger partial charge in [0, 0.05) is 14.2 Å². The summed E-state index contributed by atoms with van der Waals surface area (Å²) in [5.41, 5.74) is 6.32. The largest absolute Gasteiger partial charge is 0.382 e. The Bertz CT molecular complexity index is 755. The summed E-state index contributed by atoms with van der Waals surface area (Å²) in [5, 5.41) is 0. The second-order valence-corrected chi connectivity index (χ2v) is 6.33. The Balaban J connectivity index is 1.81. The quantitative estimate of drug-likeness (QED) is 0.758. The molecule has 1 unspecified atom stereocenters. The Hall–Kier alpha value is -1.33. The minimum atomic E-state index is -0.645. The molecule has 2 aliphatic rings.